The first-order valence-electron chi connectivity index (χ1n) is 10.9. The first-order chi connectivity index (χ1) is 16.7. The highest BCUT2D eigenvalue weighted by Gasteiger charge is 2.42. The molecule has 0 aliphatic carbocycles. The number of amides is 1. The summed E-state index contributed by atoms with van der Waals surface area (Å²) in [6.45, 7) is 4.32. The number of fused-ring (bicyclic) bond motifs is 1. The van der Waals surface area contributed by atoms with E-state index in [-0.39, 0.29) is 33.4 Å². The summed E-state index contributed by atoms with van der Waals surface area (Å²) < 4.78 is 40.8. The fraction of sp³-hybridized carbons (Fsp3) is 0.250. The van der Waals surface area contributed by atoms with Crippen molar-refractivity contribution < 1.29 is 22.7 Å². The number of rotatable bonds is 8. The predicted molar refractivity (Wildman–Crippen MR) is 138 cm³/mol. The molecule has 35 heavy (non-hydrogen) atoms. The van der Waals surface area contributed by atoms with E-state index in [1.54, 1.807) is 38.1 Å². The number of hydrogen-bond acceptors (Lipinski definition) is 8. The van der Waals surface area contributed by atoms with Crippen molar-refractivity contribution in [2.24, 2.45) is 15.3 Å². The lowest BCUT2D eigenvalue weighted by molar-refractivity contribution is -0.114. The van der Waals surface area contributed by atoms with E-state index in [2.05, 4.69) is 9.39 Å². The van der Waals surface area contributed by atoms with Gasteiger partial charge in [-0.15, -0.1) is 0 Å². The van der Waals surface area contributed by atoms with Crippen LogP contribution in [0.1, 0.15) is 19.4 Å². The number of aliphatic imine (C=N–C) groups is 1. The molecule has 0 unspecified atom stereocenters. The van der Waals surface area contributed by atoms with Gasteiger partial charge in [-0.2, -0.15) is 9.39 Å². The Labute approximate surface area is 208 Å². The summed E-state index contributed by atoms with van der Waals surface area (Å²) in [7, 11) is -3.74. The maximum atomic E-state index is 12.8. The Bertz CT molecular complexity index is 1320. The average molecular weight is 513 g/mol. The van der Waals surface area contributed by atoms with E-state index in [1.807, 2.05) is 30.3 Å². The van der Waals surface area contributed by atoms with Gasteiger partial charge in [0.1, 0.15) is 30.5 Å². The summed E-state index contributed by atoms with van der Waals surface area (Å²) in [6.07, 6.45) is 1.50. The van der Waals surface area contributed by atoms with E-state index < -0.39 is 15.7 Å². The lowest BCUT2D eigenvalue weighted by atomic mass is 10.1. The summed E-state index contributed by atoms with van der Waals surface area (Å²) in [6, 6.07) is 16.4. The fourth-order valence-electron chi connectivity index (χ4n) is 3.38. The highest BCUT2D eigenvalue weighted by molar-refractivity contribution is 8.16. The van der Waals surface area contributed by atoms with Crippen LogP contribution in [0.2, 0.25) is 0 Å². The molecule has 9 nitrogen and oxygen atoms in total. The molecule has 0 atom stereocenters. The largest absolute Gasteiger partial charge is 0.490 e. The number of para-hydroxylation sites is 1. The summed E-state index contributed by atoms with van der Waals surface area (Å²) in [5, 5.41) is 8.34. The highest BCUT2D eigenvalue weighted by Crippen LogP contribution is 2.30. The Morgan fingerprint density at radius 1 is 1.03 bits per heavy atom. The Balaban J connectivity index is 1.43. The van der Waals surface area contributed by atoms with Crippen LogP contribution >= 0.6 is 11.9 Å². The van der Waals surface area contributed by atoms with E-state index in [0.717, 1.165) is 22.6 Å². The summed E-state index contributed by atoms with van der Waals surface area (Å²) >= 11 is 0.783. The van der Waals surface area contributed by atoms with Crippen molar-refractivity contribution in [2.75, 3.05) is 19.0 Å². The van der Waals surface area contributed by atoms with Gasteiger partial charge in [0.25, 0.3) is 5.91 Å². The number of carbonyl (C=O) groups excluding carboxylic acids is 1. The van der Waals surface area contributed by atoms with E-state index >= 15 is 0 Å². The van der Waals surface area contributed by atoms with Crippen LogP contribution in [0, 0.1) is 11.3 Å². The molecular weight excluding hydrogens is 488 g/mol. The van der Waals surface area contributed by atoms with E-state index in [1.165, 1.54) is 6.08 Å². The first-order valence-corrected chi connectivity index (χ1v) is 13.3. The standard InChI is InChI=1S/C24H24N4O5S2/c1-16(2)15-35(30,31)24-27-34-23-26-22(29)20(21(25)28(23)24)14-17-8-10-19(11-9-17)33-13-12-32-18-6-4-3-5-7-18/h3-11,14,16,25H,12-13,15H2,1-2H3. The molecule has 2 aromatic carbocycles. The molecule has 0 saturated carbocycles. The third-order valence-electron chi connectivity index (χ3n) is 4.88. The van der Waals surface area contributed by atoms with Gasteiger partial charge >= 0.3 is 0 Å². The Hall–Kier alpha value is -3.44. The zero-order valence-electron chi connectivity index (χ0n) is 19.2. The fourth-order valence-corrected chi connectivity index (χ4v) is 6.11. The topological polar surface area (TPSA) is 121 Å². The van der Waals surface area contributed by atoms with E-state index in [4.69, 9.17) is 14.9 Å². The van der Waals surface area contributed by atoms with Crippen molar-refractivity contribution in [3.8, 4) is 11.5 Å². The molecule has 182 valence electrons. The number of sulfone groups is 1. The van der Waals surface area contributed by atoms with Gasteiger partial charge in [0.05, 0.1) is 23.3 Å². The van der Waals surface area contributed by atoms with Crippen LogP contribution in [0.15, 0.2) is 69.6 Å². The third kappa shape index (κ3) is 5.80. The summed E-state index contributed by atoms with van der Waals surface area (Å²) in [5.74, 6) is 0.271. The summed E-state index contributed by atoms with van der Waals surface area (Å²) in [4.78, 5) is 17.6. The Morgan fingerprint density at radius 2 is 1.66 bits per heavy atom. The molecule has 4 rings (SSSR count). The third-order valence-corrected chi connectivity index (χ3v) is 7.63. The number of amidine groups is 3. The molecule has 2 aromatic rings. The van der Waals surface area contributed by atoms with E-state index in [9.17, 15) is 13.2 Å². The predicted octanol–water partition coefficient (Wildman–Crippen LogP) is 3.79. The lowest BCUT2D eigenvalue weighted by Gasteiger charge is -2.24. The van der Waals surface area contributed by atoms with Crippen molar-refractivity contribution in [3.63, 3.8) is 0 Å². The Morgan fingerprint density at radius 3 is 2.29 bits per heavy atom. The minimum Gasteiger partial charge on any atom is -0.490 e. The monoisotopic (exact) mass is 512 g/mol. The molecule has 0 aromatic heterocycles. The van der Waals surface area contributed by atoms with Gasteiger partial charge in [-0.1, -0.05) is 44.2 Å². The number of ether oxygens (including phenoxy) is 2. The molecule has 2 aliphatic rings. The average Bonchev–Trinajstić information content (AvgIpc) is 3.25. The molecule has 11 heteroatoms. The van der Waals surface area contributed by atoms with Crippen LogP contribution in [-0.4, -0.2) is 54.4 Å². The van der Waals surface area contributed by atoms with Crippen LogP contribution in [0.5, 0.6) is 11.5 Å². The molecule has 0 bridgehead atoms. The second kappa shape index (κ2) is 10.4. The lowest BCUT2D eigenvalue weighted by Crippen LogP contribution is -2.46. The molecule has 2 aliphatic heterocycles. The van der Waals surface area contributed by atoms with Crippen molar-refractivity contribution in [3.05, 3.63) is 65.7 Å². The van der Waals surface area contributed by atoms with Crippen molar-refractivity contribution in [2.45, 2.75) is 13.8 Å². The molecule has 1 N–H and O–H groups in total. The summed E-state index contributed by atoms with van der Waals surface area (Å²) in [5.41, 5.74) is 0.619. The number of carbonyl (C=O) groups is 1. The second-order valence-electron chi connectivity index (χ2n) is 8.16. The zero-order valence-corrected chi connectivity index (χ0v) is 20.8. The highest BCUT2D eigenvalue weighted by atomic mass is 32.2. The van der Waals surface area contributed by atoms with Crippen LogP contribution in [0.3, 0.4) is 0 Å². The quantitative estimate of drug-likeness (QED) is 0.324. The van der Waals surface area contributed by atoms with E-state index in [0.29, 0.717) is 24.5 Å². The van der Waals surface area contributed by atoms with Crippen LogP contribution < -0.4 is 9.47 Å². The molecular formula is C24H24N4O5S2. The van der Waals surface area contributed by atoms with Gasteiger partial charge in [0.2, 0.25) is 20.2 Å². The number of hydrogen-bond donors (Lipinski definition) is 1. The molecule has 2 heterocycles. The van der Waals surface area contributed by atoms with Crippen molar-refractivity contribution in [1.82, 2.24) is 4.90 Å². The first kappa shape index (κ1) is 24.7. The van der Waals surface area contributed by atoms with Gasteiger partial charge in [0, 0.05) is 0 Å². The van der Waals surface area contributed by atoms with Crippen LogP contribution in [0.4, 0.5) is 0 Å². The van der Waals surface area contributed by atoms with Gasteiger partial charge in [-0.05, 0) is 41.8 Å². The SMILES string of the molecule is CC(C)CS(=O)(=O)C1=NSC2=NC(=O)C(=Cc3ccc(OCCOc4ccccc4)cc3)C(=N)N21. The van der Waals surface area contributed by atoms with Crippen molar-refractivity contribution in [1.29, 1.82) is 5.41 Å². The number of nitrogens with one attached hydrogen (secondary N) is 1. The smallest absolute Gasteiger partial charge is 0.283 e. The molecule has 0 fully saturated rings. The molecule has 0 radical (unpaired) electrons. The van der Waals surface area contributed by atoms with Gasteiger partial charge < -0.3 is 9.47 Å². The minimum absolute atomic E-state index is 0.0198. The molecule has 0 spiro atoms. The zero-order chi connectivity index (χ0) is 25.0. The second-order valence-corrected chi connectivity index (χ2v) is 10.8. The molecule has 1 amide bonds. The van der Waals surface area contributed by atoms with Gasteiger partial charge in [-0.3, -0.25) is 10.2 Å². The maximum Gasteiger partial charge on any atom is 0.283 e. The minimum atomic E-state index is -3.74. The molecule has 0 saturated heterocycles. The number of nitrogens with zero attached hydrogens (tertiary/aromatic N) is 3. The maximum absolute atomic E-state index is 12.8. The normalized spacial score (nSPS) is 16.9. The Kier molecular flexibility index (Phi) is 7.37. The number of benzene rings is 2. The van der Waals surface area contributed by atoms with Crippen molar-refractivity contribution >= 4 is 49.9 Å². The van der Waals surface area contributed by atoms with Gasteiger partial charge in [0.15, 0.2) is 0 Å². The van der Waals surface area contributed by atoms with Gasteiger partial charge in [-0.25, -0.2) is 13.3 Å². The van der Waals surface area contributed by atoms with Crippen LogP contribution in [-0.2, 0) is 14.6 Å². The van der Waals surface area contributed by atoms with Crippen LogP contribution in [0.25, 0.3) is 6.08 Å².